The third-order valence-corrected chi connectivity index (χ3v) is 9.32. The van der Waals surface area contributed by atoms with Crippen LogP contribution >= 0.6 is 0 Å². The van der Waals surface area contributed by atoms with Gasteiger partial charge in [-0.1, -0.05) is 56.7 Å². The van der Waals surface area contributed by atoms with Gasteiger partial charge < -0.3 is 0 Å². The lowest BCUT2D eigenvalue weighted by molar-refractivity contribution is 0.234. The molecule has 1 aromatic carbocycles. The van der Waals surface area contributed by atoms with Crippen LogP contribution in [0.5, 0.6) is 0 Å². The van der Waals surface area contributed by atoms with Crippen molar-refractivity contribution in [3.05, 3.63) is 39.8 Å². The summed E-state index contributed by atoms with van der Waals surface area (Å²) in [4.78, 5) is 0.438. The first-order chi connectivity index (χ1) is 14.1. The fraction of sp³-hybridized carbons (Fsp3) is 0.680. The van der Waals surface area contributed by atoms with E-state index < -0.39 is 10.1 Å². The predicted molar refractivity (Wildman–Crippen MR) is 117 cm³/mol. The Bertz CT molecular complexity index is 902. The van der Waals surface area contributed by atoms with E-state index in [4.69, 9.17) is 0 Å². The van der Waals surface area contributed by atoms with Gasteiger partial charge >= 0.3 is 0 Å². The first kappa shape index (κ1) is 19.8. The molecule has 0 aliphatic heterocycles. The van der Waals surface area contributed by atoms with E-state index in [1.165, 1.54) is 55.2 Å². The molecule has 2 saturated carbocycles. The summed E-state index contributed by atoms with van der Waals surface area (Å²) in [6, 6.07) is 6.53. The van der Waals surface area contributed by atoms with Gasteiger partial charge in [0.25, 0.3) is 10.1 Å². The molecule has 0 heterocycles. The molecule has 4 aliphatic carbocycles. The van der Waals surface area contributed by atoms with Crippen molar-refractivity contribution in [2.24, 2.45) is 17.8 Å². The smallest absolute Gasteiger partial charge is 0.282 e. The molecule has 4 aliphatic rings. The third-order valence-electron chi connectivity index (χ3n) is 8.27. The van der Waals surface area contributed by atoms with Gasteiger partial charge in [0, 0.05) is 5.92 Å². The quantitative estimate of drug-likeness (QED) is 0.575. The molecule has 0 spiro atoms. The molecular weight excluding hydrogens is 380 g/mol. The number of rotatable bonds is 3. The lowest BCUT2D eigenvalue weighted by atomic mass is 9.61. The highest BCUT2D eigenvalue weighted by Crippen LogP contribution is 2.57. The summed E-state index contributed by atoms with van der Waals surface area (Å²) < 4.78 is 36.5. The zero-order valence-electron chi connectivity index (χ0n) is 17.4. The van der Waals surface area contributed by atoms with Crippen molar-refractivity contribution >= 4 is 15.7 Å². The molecule has 0 bridgehead atoms. The average molecular weight is 415 g/mol. The Morgan fingerprint density at radius 3 is 2.21 bits per heavy atom. The van der Waals surface area contributed by atoms with Crippen molar-refractivity contribution < 1.29 is 13.0 Å². The number of hydrogen-bond acceptors (Lipinski definition) is 2. The van der Waals surface area contributed by atoms with Gasteiger partial charge in [0.05, 0.1) is 4.91 Å². The highest BCUT2D eigenvalue weighted by atomic mass is 32.2. The van der Waals surface area contributed by atoms with Crippen LogP contribution in [0, 0.1) is 17.8 Å². The third kappa shape index (κ3) is 3.50. The maximum absolute atomic E-state index is 13.0. The number of hydrogen-bond donors (Lipinski definition) is 1. The van der Waals surface area contributed by atoms with E-state index in [0.29, 0.717) is 10.8 Å². The van der Waals surface area contributed by atoms with Gasteiger partial charge in [0.15, 0.2) is 0 Å². The van der Waals surface area contributed by atoms with E-state index in [1.54, 1.807) is 0 Å². The van der Waals surface area contributed by atoms with Crippen molar-refractivity contribution in [2.75, 3.05) is 0 Å². The van der Waals surface area contributed by atoms with Gasteiger partial charge in [-0.2, -0.15) is 8.42 Å². The molecule has 2 fully saturated rings. The van der Waals surface area contributed by atoms with E-state index in [-0.39, 0.29) is 17.8 Å². The average Bonchev–Trinajstić information content (AvgIpc) is 2.74. The monoisotopic (exact) mass is 414 g/mol. The summed E-state index contributed by atoms with van der Waals surface area (Å²) in [5, 5.41) is 0. The van der Waals surface area contributed by atoms with Crippen molar-refractivity contribution in [1.82, 2.24) is 0 Å². The topological polar surface area (TPSA) is 54.4 Å². The molecule has 0 amide bonds. The Balaban J connectivity index is 1.76. The van der Waals surface area contributed by atoms with Gasteiger partial charge in [-0.3, -0.25) is 4.55 Å². The van der Waals surface area contributed by atoms with Gasteiger partial charge in [-0.05, 0) is 85.0 Å². The van der Waals surface area contributed by atoms with Gasteiger partial charge in [-0.15, -0.1) is 0 Å². The Morgan fingerprint density at radius 1 is 0.828 bits per heavy atom. The maximum Gasteiger partial charge on any atom is 0.291 e. The number of allylic oxidation sites excluding steroid dienone is 2. The molecule has 2 atom stereocenters. The SMILES string of the molecule is O=S(=O)(O)C1=C(C2CCCCC2)c2cccc3c2C(CCC3)C1C1CCCCC1. The van der Waals surface area contributed by atoms with Crippen LogP contribution in [-0.2, 0) is 16.5 Å². The van der Waals surface area contributed by atoms with Crippen LogP contribution in [0.25, 0.3) is 5.57 Å². The highest BCUT2D eigenvalue weighted by Gasteiger charge is 2.47. The molecule has 158 valence electrons. The molecule has 4 heteroatoms. The van der Waals surface area contributed by atoms with Crippen LogP contribution in [0.2, 0.25) is 0 Å². The summed E-state index contributed by atoms with van der Waals surface area (Å²) >= 11 is 0. The van der Waals surface area contributed by atoms with Gasteiger partial charge in [0.2, 0.25) is 0 Å². The summed E-state index contributed by atoms with van der Waals surface area (Å²) in [5.74, 6) is 0.920. The van der Waals surface area contributed by atoms with Crippen LogP contribution in [0.15, 0.2) is 23.1 Å². The zero-order chi connectivity index (χ0) is 20.0. The molecule has 0 radical (unpaired) electrons. The molecule has 29 heavy (non-hydrogen) atoms. The summed E-state index contributed by atoms with van der Waals surface area (Å²) in [7, 11) is -4.22. The van der Waals surface area contributed by atoms with E-state index in [0.717, 1.165) is 50.5 Å². The number of aryl methyl sites for hydroxylation is 1. The molecule has 5 rings (SSSR count). The lowest BCUT2D eigenvalue weighted by Gasteiger charge is -2.45. The largest absolute Gasteiger partial charge is 0.291 e. The zero-order valence-corrected chi connectivity index (χ0v) is 18.2. The van der Waals surface area contributed by atoms with E-state index in [2.05, 4.69) is 18.2 Å². The fourth-order valence-electron chi connectivity index (χ4n) is 7.17. The molecule has 0 saturated heterocycles. The van der Waals surface area contributed by atoms with Crippen LogP contribution < -0.4 is 0 Å². The molecule has 2 unspecified atom stereocenters. The first-order valence-electron chi connectivity index (χ1n) is 11.9. The molecule has 1 N–H and O–H groups in total. The summed E-state index contributed by atoms with van der Waals surface area (Å²) in [5.41, 5.74) is 5.06. The molecule has 3 nitrogen and oxygen atoms in total. The van der Waals surface area contributed by atoms with Crippen LogP contribution in [0.1, 0.15) is 99.7 Å². The fourth-order valence-corrected chi connectivity index (χ4v) is 8.43. The van der Waals surface area contributed by atoms with Crippen LogP contribution in [0.3, 0.4) is 0 Å². The minimum Gasteiger partial charge on any atom is -0.282 e. The van der Waals surface area contributed by atoms with Crippen LogP contribution in [0.4, 0.5) is 0 Å². The second-order valence-electron chi connectivity index (χ2n) is 9.89. The van der Waals surface area contributed by atoms with E-state index in [1.807, 2.05) is 0 Å². The predicted octanol–water partition coefficient (Wildman–Crippen LogP) is 6.50. The molecule has 0 aromatic heterocycles. The number of benzene rings is 1. The van der Waals surface area contributed by atoms with Crippen molar-refractivity contribution in [3.8, 4) is 0 Å². The lowest BCUT2D eigenvalue weighted by Crippen LogP contribution is -2.36. The van der Waals surface area contributed by atoms with Crippen molar-refractivity contribution in [3.63, 3.8) is 0 Å². The minimum absolute atomic E-state index is 0.0174. The first-order valence-corrected chi connectivity index (χ1v) is 13.3. The molecular formula is C25H34O3S. The summed E-state index contributed by atoms with van der Waals surface area (Å²) in [6.07, 6.45) is 14.8. The highest BCUT2D eigenvalue weighted by molar-refractivity contribution is 7.90. The molecule has 1 aromatic rings. The maximum atomic E-state index is 13.0. The van der Waals surface area contributed by atoms with Crippen LogP contribution in [-0.4, -0.2) is 13.0 Å². The van der Waals surface area contributed by atoms with Gasteiger partial charge in [-0.25, -0.2) is 0 Å². The normalized spacial score (nSPS) is 29.0. The standard InChI is InChI=1S/C25H34O3S/c26-29(27,28)25-23(18-9-3-1-4-10-18)20-15-7-13-17-14-8-16-21(22(17)20)24(25)19-11-5-2-6-12-19/h7,13,15,18-19,21,24H,1-6,8-12,14,16H2,(H,26,27,28). The second-order valence-corrected chi connectivity index (χ2v) is 11.3. The Morgan fingerprint density at radius 2 is 1.52 bits per heavy atom. The minimum atomic E-state index is -4.22. The Labute approximate surface area is 175 Å². The van der Waals surface area contributed by atoms with E-state index >= 15 is 0 Å². The van der Waals surface area contributed by atoms with E-state index in [9.17, 15) is 13.0 Å². The Hall–Kier alpha value is -1.13. The second kappa shape index (κ2) is 7.85. The Kier molecular flexibility index (Phi) is 5.36. The van der Waals surface area contributed by atoms with Crippen molar-refractivity contribution in [1.29, 1.82) is 0 Å². The van der Waals surface area contributed by atoms with Gasteiger partial charge in [0.1, 0.15) is 0 Å². The van der Waals surface area contributed by atoms with Crippen molar-refractivity contribution in [2.45, 2.75) is 89.4 Å². The summed E-state index contributed by atoms with van der Waals surface area (Å²) in [6.45, 7) is 0.